The van der Waals surface area contributed by atoms with E-state index in [2.05, 4.69) is 0 Å². The van der Waals surface area contributed by atoms with Crippen molar-refractivity contribution < 1.29 is 14.3 Å². The molecule has 0 unspecified atom stereocenters. The quantitative estimate of drug-likeness (QED) is 0.424. The van der Waals surface area contributed by atoms with Crippen molar-refractivity contribution in [3.8, 4) is 5.75 Å². The van der Waals surface area contributed by atoms with Crippen LogP contribution >= 0.6 is 12.2 Å². The van der Waals surface area contributed by atoms with Gasteiger partial charge in [-0.15, -0.1) is 0 Å². The lowest BCUT2D eigenvalue weighted by molar-refractivity contribution is -0.131. The maximum Gasteiger partial charge on any atom is 0.308 e. The molecule has 0 aliphatic rings. The number of carbonyl (C=O) groups excluding carboxylic acids is 1. The molecule has 4 heteroatoms. The predicted octanol–water partition coefficient (Wildman–Crippen LogP) is 1.93. The molecule has 0 atom stereocenters. The number of esters is 1. The van der Waals surface area contributed by atoms with E-state index in [1.807, 2.05) is 0 Å². The Morgan fingerprint density at radius 3 is 2.57 bits per heavy atom. The van der Waals surface area contributed by atoms with E-state index in [-0.39, 0.29) is 5.97 Å². The Balaban J connectivity index is 3.02. The van der Waals surface area contributed by atoms with E-state index in [1.54, 1.807) is 24.3 Å². The number of rotatable bonds is 2. The molecule has 0 aliphatic carbocycles. The third kappa shape index (κ3) is 2.53. The second kappa shape index (κ2) is 4.72. The van der Waals surface area contributed by atoms with Gasteiger partial charge in [0, 0.05) is 6.92 Å². The molecule has 0 saturated heterocycles. The van der Waals surface area contributed by atoms with Gasteiger partial charge in [0.25, 0.3) is 0 Å². The van der Waals surface area contributed by atoms with Crippen LogP contribution in [-0.4, -0.2) is 18.1 Å². The van der Waals surface area contributed by atoms with Crippen LogP contribution in [-0.2, 0) is 9.53 Å². The summed E-state index contributed by atoms with van der Waals surface area (Å²) in [6, 6.07) is 6.97. The van der Waals surface area contributed by atoms with E-state index in [9.17, 15) is 4.79 Å². The van der Waals surface area contributed by atoms with Gasteiger partial charge in [-0.2, -0.15) is 0 Å². The third-order valence-electron chi connectivity index (χ3n) is 1.55. The van der Waals surface area contributed by atoms with Gasteiger partial charge in [-0.25, -0.2) is 0 Å². The summed E-state index contributed by atoms with van der Waals surface area (Å²) in [5, 5.41) is 0.307. The van der Waals surface area contributed by atoms with Crippen molar-refractivity contribution >= 4 is 23.2 Å². The summed E-state index contributed by atoms with van der Waals surface area (Å²) in [7, 11) is 1.48. The average molecular weight is 210 g/mol. The molecular weight excluding hydrogens is 200 g/mol. The number of carbonyl (C=O) groups is 1. The number of para-hydroxylation sites is 1. The average Bonchev–Trinajstić information content (AvgIpc) is 2.16. The van der Waals surface area contributed by atoms with Crippen molar-refractivity contribution in [2.75, 3.05) is 7.11 Å². The van der Waals surface area contributed by atoms with Crippen molar-refractivity contribution in [1.82, 2.24) is 0 Å². The highest BCUT2D eigenvalue weighted by atomic mass is 32.1. The first-order valence-electron chi connectivity index (χ1n) is 4.01. The Morgan fingerprint density at radius 2 is 2.00 bits per heavy atom. The summed E-state index contributed by atoms with van der Waals surface area (Å²) in [6.07, 6.45) is 0. The predicted molar refractivity (Wildman–Crippen MR) is 56.5 cm³/mol. The molecule has 0 amide bonds. The van der Waals surface area contributed by atoms with Gasteiger partial charge in [0.1, 0.15) is 5.75 Å². The zero-order valence-corrected chi connectivity index (χ0v) is 8.76. The summed E-state index contributed by atoms with van der Waals surface area (Å²) in [5.74, 6) is 0.0446. The summed E-state index contributed by atoms with van der Waals surface area (Å²) >= 11 is 4.95. The van der Waals surface area contributed by atoms with E-state index in [1.165, 1.54) is 14.0 Å². The molecule has 3 nitrogen and oxygen atoms in total. The van der Waals surface area contributed by atoms with Crippen LogP contribution in [0.2, 0.25) is 0 Å². The topological polar surface area (TPSA) is 35.5 Å². The van der Waals surface area contributed by atoms with Crippen LogP contribution < -0.4 is 4.74 Å². The summed E-state index contributed by atoms with van der Waals surface area (Å²) in [4.78, 5) is 10.8. The van der Waals surface area contributed by atoms with Gasteiger partial charge < -0.3 is 9.47 Å². The molecule has 74 valence electrons. The number of hydrogen-bond donors (Lipinski definition) is 0. The van der Waals surface area contributed by atoms with Gasteiger partial charge in [-0.3, -0.25) is 4.79 Å². The fourth-order valence-electron chi connectivity index (χ4n) is 0.989. The smallest absolute Gasteiger partial charge is 0.308 e. The van der Waals surface area contributed by atoms with Crippen LogP contribution in [0.3, 0.4) is 0 Å². The summed E-state index contributed by atoms with van der Waals surface area (Å²) in [5.41, 5.74) is 0.611. The second-order valence-corrected chi connectivity index (χ2v) is 2.95. The van der Waals surface area contributed by atoms with Gasteiger partial charge in [0.05, 0.1) is 12.7 Å². The van der Waals surface area contributed by atoms with Gasteiger partial charge in [-0.1, -0.05) is 12.1 Å². The van der Waals surface area contributed by atoms with Crippen LogP contribution in [0.1, 0.15) is 12.5 Å². The number of thiocarbonyl (C=S) groups is 1. The Hall–Kier alpha value is -1.42. The number of benzene rings is 1. The van der Waals surface area contributed by atoms with Gasteiger partial charge in [0.2, 0.25) is 0 Å². The lowest BCUT2D eigenvalue weighted by Gasteiger charge is -2.08. The Bertz CT molecular complexity index is 360. The van der Waals surface area contributed by atoms with Crippen molar-refractivity contribution in [3.63, 3.8) is 0 Å². The molecule has 1 aromatic rings. The summed E-state index contributed by atoms with van der Waals surface area (Å²) in [6.45, 7) is 1.34. The lowest BCUT2D eigenvalue weighted by atomic mass is 10.2. The third-order valence-corrected chi connectivity index (χ3v) is 1.93. The van der Waals surface area contributed by atoms with Gasteiger partial charge >= 0.3 is 5.97 Å². The summed E-state index contributed by atoms with van der Waals surface area (Å²) < 4.78 is 9.86. The molecule has 1 rings (SSSR count). The minimum Gasteiger partial charge on any atom is -0.486 e. The number of ether oxygens (including phenoxy) is 2. The Kier molecular flexibility index (Phi) is 3.59. The molecule has 0 heterocycles. The molecule has 0 spiro atoms. The largest absolute Gasteiger partial charge is 0.486 e. The maximum atomic E-state index is 10.8. The van der Waals surface area contributed by atoms with Crippen LogP contribution in [0, 0.1) is 0 Å². The van der Waals surface area contributed by atoms with E-state index in [4.69, 9.17) is 21.7 Å². The molecule has 1 aromatic carbocycles. The molecular formula is C10H10O3S. The van der Waals surface area contributed by atoms with Crippen molar-refractivity contribution in [1.29, 1.82) is 0 Å². The Labute approximate surface area is 87.6 Å². The molecule has 0 bridgehead atoms. The SMILES string of the molecule is COC(=S)c1ccccc1OC(C)=O. The standard InChI is InChI=1S/C10H10O3S/c1-7(11)13-9-6-4-3-5-8(9)10(14)12-2/h3-6H,1-2H3. The normalized spacial score (nSPS) is 9.29. The first kappa shape index (κ1) is 10.7. The van der Waals surface area contributed by atoms with E-state index < -0.39 is 0 Å². The maximum absolute atomic E-state index is 10.8. The molecule has 0 N–H and O–H groups in total. The minimum atomic E-state index is -0.378. The van der Waals surface area contributed by atoms with Crippen LogP contribution in [0.25, 0.3) is 0 Å². The molecule has 0 fully saturated rings. The van der Waals surface area contributed by atoms with Crippen molar-refractivity contribution in [3.05, 3.63) is 29.8 Å². The zero-order valence-electron chi connectivity index (χ0n) is 7.94. The molecule has 0 aliphatic heterocycles. The second-order valence-electron chi connectivity index (χ2n) is 2.58. The highest BCUT2D eigenvalue weighted by Gasteiger charge is 2.09. The fourth-order valence-corrected chi connectivity index (χ4v) is 1.16. The van der Waals surface area contributed by atoms with Crippen LogP contribution in [0.15, 0.2) is 24.3 Å². The van der Waals surface area contributed by atoms with E-state index >= 15 is 0 Å². The first-order chi connectivity index (χ1) is 6.65. The molecule has 0 radical (unpaired) electrons. The monoisotopic (exact) mass is 210 g/mol. The van der Waals surface area contributed by atoms with Crippen LogP contribution in [0.4, 0.5) is 0 Å². The first-order valence-corrected chi connectivity index (χ1v) is 4.41. The van der Waals surface area contributed by atoms with Gasteiger partial charge in [0.15, 0.2) is 5.05 Å². The van der Waals surface area contributed by atoms with Crippen molar-refractivity contribution in [2.45, 2.75) is 6.92 Å². The highest BCUT2D eigenvalue weighted by Crippen LogP contribution is 2.19. The molecule has 0 aromatic heterocycles. The van der Waals surface area contributed by atoms with Crippen molar-refractivity contribution in [2.24, 2.45) is 0 Å². The van der Waals surface area contributed by atoms with E-state index in [0.29, 0.717) is 16.4 Å². The lowest BCUT2D eigenvalue weighted by Crippen LogP contribution is -2.07. The molecule has 14 heavy (non-hydrogen) atoms. The zero-order chi connectivity index (χ0) is 10.6. The van der Waals surface area contributed by atoms with E-state index in [0.717, 1.165) is 0 Å². The highest BCUT2D eigenvalue weighted by molar-refractivity contribution is 7.80. The van der Waals surface area contributed by atoms with Crippen LogP contribution in [0.5, 0.6) is 5.75 Å². The number of methoxy groups -OCH3 is 1. The van der Waals surface area contributed by atoms with Gasteiger partial charge in [-0.05, 0) is 24.4 Å². The fraction of sp³-hybridized carbons (Fsp3) is 0.200. The number of hydrogen-bond acceptors (Lipinski definition) is 4. The molecule has 0 saturated carbocycles. The minimum absolute atomic E-state index is 0.307. The Morgan fingerprint density at radius 1 is 1.36 bits per heavy atom.